The van der Waals surface area contributed by atoms with Gasteiger partial charge >= 0.3 is 0 Å². The van der Waals surface area contributed by atoms with Crippen molar-refractivity contribution in [1.82, 2.24) is 4.98 Å². The maximum Gasteiger partial charge on any atom is 0.267 e. The molecule has 1 heterocycles. The second-order valence-electron chi connectivity index (χ2n) is 5.36. The Bertz CT molecular complexity index is 973. The summed E-state index contributed by atoms with van der Waals surface area (Å²) in [5, 5.41) is 6.39. The summed E-state index contributed by atoms with van der Waals surface area (Å²) in [5.74, 6) is -0.584. The van der Waals surface area contributed by atoms with E-state index in [1.165, 1.54) is 0 Å². The Morgan fingerprint density at radius 1 is 1.08 bits per heavy atom. The van der Waals surface area contributed by atoms with Gasteiger partial charge in [0.1, 0.15) is 4.88 Å². The van der Waals surface area contributed by atoms with Crippen LogP contribution >= 0.6 is 38.9 Å². The van der Waals surface area contributed by atoms with Gasteiger partial charge in [-0.15, -0.1) is 0 Å². The summed E-state index contributed by atoms with van der Waals surface area (Å²) in [4.78, 5) is 29.4. The summed E-state index contributed by atoms with van der Waals surface area (Å²) >= 11 is 10.4. The van der Waals surface area contributed by atoms with Gasteiger partial charge in [-0.05, 0) is 49.4 Å². The number of thiazole rings is 1. The zero-order valence-electron chi connectivity index (χ0n) is 13.5. The first-order valence-corrected chi connectivity index (χ1v) is 9.52. The van der Waals surface area contributed by atoms with E-state index in [1.807, 2.05) is 0 Å². The normalized spacial score (nSPS) is 10.4. The van der Waals surface area contributed by atoms with Gasteiger partial charge in [0.15, 0.2) is 5.13 Å². The Hall–Kier alpha value is -2.22. The molecule has 0 spiro atoms. The van der Waals surface area contributed by atoms with Gasteiger partial charge in [0.25, 0.3) is 11.8 Å². The molecule has 0 fully saturated rings. The third-order valence-electron chi connectivity index (χ3n) is 3.41. The predicted octanol–water partition coefficient (Wildman–Crippen LogP) is 5.37. The number of halogens is 2. The van der Waals surface area contributed by atoms with Crippen LogP contribution in [0.2, 0.25) is 5.02 Å². The summed E-state index contributed by atoms with van der Waals surface area (Å²) in [6, 6.07) is 13.9. The second-order valence-corrected chi connectivity index (χ2v) is 7.71. The van der Waals surface area contributed by atoms with E-state index in [4.69, 9.17) is 11.6 Å². The topological polar surface area (TPSA) is 71.1 Å². The van der Waals surface area contributed by atoms with Gasteiger partial charge in [0, 0.05) is 20.7 Å². The first kappa shape index (κ1) is 18.6. The average Bonchev–Trinajstić information content (AvgIpc) is 2.96. The molecule has 0 aliphatic heterocycles. The molecule has 26 heavy (non-hydrogen) atoms. The highest BCUT2D eigenvalue weighted by atomic mass is 79.9. The van der Waals surface area contributed by atoms with Gasteiger partial charge in [-0.25, -0.2) is 4.98 Å². The number of rotatable bonds is 4. The molecule has 8 heteroatoms. The van der Waals surface area contributed by atoms with E-state index in [1.54, 1.807) is 55.5 Å². The van der Waals surface area contributed by atoms with E-state index in [0.29, 0.717) is 32.0 Å². The second kappa shape index (κ2) is 7.99. The van der Waals surface area contributed by atoms with Crippen molar-refractivity contribution in [2.45, 2.75) is 6.92 Å². The highest BCUT2D eigenvalue weighted by Crippen LogP contribution is 2.25. The van der Waals surface area contributed by atoms with Crippen LogP contribution in [0.25, 0.3) is 0 Å². The van der Waals surface area contributed by atoms with Crippen LogP contribution in [0.4, 0.5) is 10.8 Å². The predicted molar refractivity (Wildman–Crippen MR) is 108 cm³/mol. The lowest BCUT2D eigenvalue weighted by Gasteiger charge is -2.04. The molecule has 3 rings (SSSR count). The molecule has 5 nitrogen and oxygen atoms in total. The number of anilines is 2. The van der Waals surface area contributed by atoms with Gasteiger partial charge in [0.05, 0.1) is 5.69 Å². The summed E-state index contributed by atoms with van der Waals surface area (Å²) < 4.78 is 0.888. The third kappa shape index (κ3) is 4.49. The Kier molecular flexibility index (Phi) is 5.70. The molecule has 3 aromatic rings. The molecule has 1 aromatic heterocycles. The minimum atomic E-state index is -0.300. The molecule has 0 saturated heterocycles. The maximum atomic E-state index is 12.5. The van der Waals surface area contributed by atoms with Crippen molar-refractivity contribution in [3.63, 3.8) is 0 Å². The molecule has 0 aliphatic carbocycles. The molecule has 2 amide bonds. The molecule has 2 aromatic carbocycles. The van der Waals surface area contributed by atoms with Gasteiger partial charge in [-0.1, -0.05) is 44.9 Å². The molecule has 0 bridgehead atoms. The number of aromatic nitrogens is 1. The number of nitrogens with one attached hydrogen (secondary N) is 2. The van der Waals surface area contributed by atoms with E-state index in [-0.39, 0.29) is 11.8 Å². The largest absolute Gasteiger partial charge is 0.321 e. The molecular weight excluding hydrogens is 438 g/mol. The quantitative estimate of drug-likeness (QED) is 0.561. The lowest BCUT2D eigenvalue weighted by Crippen LogP contribution is -2.11. The van der Waals surface area contributed by atoms with Crippen molar-refractivity contribution < 1.29 is 9.59 Å². The molecule has 2 N–H and O–H groups in total. The molecular formula is C18H13BrClN3O2S. The van der Waals surface area contributed by atoms with Gasteiger partial charge in [0.2, 0.25) is 0 Å². The standard InChI is InChI=1S/C18H13BrClN3O2S/c1-10-15(17(25)22-14-4-2-3-13(20)9-14)26-18(21-10)23-16(24)11-5-7-12(19)8-6-11/h2-9H,1H3,(H,22,25)(H,21,23,24). The first-order chi connectivity index (χ1) is 12.4. The van der Waals surface area contributed by atoms with Crippen molar-refractivity contribution >= 4 is 61.5 Å². The summed E-state index contributed by atoms with van der Waals surface area (Å²) in [5.41, 5.74) is 1.64. The number of benzene rings is 2. The van der Waals surface area contributed by atoms with Crippen LogP contribution in [-0.4, -0.2) is 16.8 Å². The highest BCUT2D eigenvalue weighted by molar-refractivity contribution is 9.10. The van der Waals surface area contributed by atoms with Crippen molar-refractivity contribution in [2.75, 3.05) is 10.6 Å². The molecule has 0 aliphatic rings. The van der Waals surface area contributed by atoms with Crippen molar-refractivity contribution in [3.05, 3.63) is 74.2 Å². The van der Waals surface area contributed by atoms with Gasteiger partial charge < -0.3 is 5.32 Å². The van der Waals surface area contributed by atoms with Crippen LogP contribution in [0.5, 0.6) is 0 Å². The fourth-order valence-corrected chi connectivity index (χ4v) is 3.50. The number of amides is 2. The van der Waals surface area contributed by atoms with E-state index in [9.17, 15) is 9.59 Å². The minimum absolute atomic E-state index is 0.284. The Labute approximate surface area is 167 Å². The number of carbonyl (C=O) groups is 2. The Morgan fingerprint density at radius 2 is 1.81 bits per heavy atom. The van der Waals surface area contributed by atoms with Crippen molar-refractivity contribution in [1.29, 1.82) is 0 Å². The van der Waals surface area contributed by atoms with Crippen LogP contribution in [0.3, 0.4) is 0 Å². The zero-order chi connectivity index (χ0) is 18.7. The SMILES string of the molecule is Cc1nc(NC(=O)c2ccc(Br)cc2)sc1C(=O)Nc1cccc(Cl)c1. The van der Waals surface area contributed by atoms with Crippen LogP contribution < -0.4 is 10.6 Å². The number of carbonyl (C=O) groups excluding carboxylic acids is 2. The van der Waals surface area contributed by atoms with Crippen LogP contribution in [0, 0.1) is 6.92 Å². The molecule has 0 unspecified atom stereocenters. The monoisotopic (exact) mass is 449 g/mol. The molecule has 132 valence electrons. The van der Waals surface area contributed by atoms with E-state index >= 15 is 0 Å². The first-order valence-electron chi connectivity index (χ1n) is 7.53. The minimum Gasteiger partial charge on any atom is -0.321 e. The number of nitrogens with zero attached hydrogens (tertiary/aromatic N) is 1. The highest BCUT2D eigenvalue weighted by Gasteiger charge is 2.17. The van der Waals surface area contributed by atoms with E-state index in [0.717, 1.165) is 15.8 Å². The summed E-state index contributed by atoms with van der Waals surface area (Å²) in [6.07, 6.45) is 0. The van der Waals surface area contributed by atoms with Crippen LogP contribution in [0.1, 0.15) is 25.7 Å². The average molecular weight is 451 g/mol. The van der Waals surface area contributed by atoms with Crippen molar-refractivity contribution in [2.24, 2.45) is 0 Å². The number of hydrogen-bond donors (Lipinski definition) is 2. The van der Waals surface area contributed by atoms with Gasteiger partial charge in [-0.3, -0.25) is 14.9 Å². The summed E-state index contributed by atoms with van der Waals surface area (Å²) in [7, 11) is 0. The Morgan fingerprint density at radius 3 is 2.50 bits per heavy atom. The molecule has 0 radical (unpaired) electrons. The zero-order valence-corrected chi connectivity index (χ0v) is 16.7. The molecule has 0 saturated carbocycles. The smallest absolute Gasteiger partial charge is 0.267 e. The maximum absolute atomic E-state index is 12.5. The lowest BCUT2D eigenvalue weighted by molar-refractivity contribution is 0.102. The van der Waals surface area contributed by atoms with E-state index < -0.39 is 0 Å². The lowest BCUT2D eigenvalue weighted by atomic mass is 10.2. The fraction of sp³-hybridized carbons (Fsp3) is 0.0556. The fourth-order valence-electron chi connectivity index (χ4n) is 2.19. The van der Waals surface area contributed by atoms with Gasteiger partial charge in [-0.2, -0.15) is 0 Å². The number of hydrogen-bond acceptors (Lipinski definition) is 4. The van der Waals surface area contributed by atoms with Crippen LogP contribution in [-0.2, 0) is 0 Å². The van der Waals surface area contributed by atoms with Crippen molar-refractivity contribution in [3.8, 4) is 0 Å². The van der Waals surface area contributed by atoms with Crippen LogP contribution in [0.15, 0.2) is 53.0 Å². The Balaban J connectivity index is 1.73. The molecule has 0 atom stereocenters. The number of aryl methyl sites for hydroxylation is 1. The third-order valence-corrected chi connectivity index (χ3v) is 5.25. The summed E-state index contributed by atoms with van der Waals surface area (Å²) in [6.45, 7) is 1.72. The van der Waals surface area contributed by atoms with E-state index in [2.05, 4.69) is 31.5 Å².